The molecular formula is C10H11N3O2S. The number of aromatic nitrogens is 3. The summed E-state index contributed by atoms with van der Waals surface area (Å²) >= 11 is 1.59. The molecule has 6 heteroatoms. The summed E-state index contributed by atoms with van der Waals surface area (Å²) in [5.41, 5.74) is 0. The molecule has 0 atom stereocenters. The Morgan fingerprint density at radius 1 is 1.56 bits per heavy atom. The lowest BCUT2D eigenvalue weighted by molar-refractivity contribution is 0.0512. The Kier molecular flexibility index (Phi) is 3.00. The van der Waals surface area contributed by atoms with Crippen LogP contribution in [0.3, 0.4) is 0 Å². The van der Waals surface area contributed by atoms with Crippen molar-refractivity contribution in [1.82, 2.24) is 15.2 Å². The van der Waals surface area contributed by atoms with Gasteiger partial charge in [0.05, 0.1) is 11.5 Å². The van der Waals surface area contributed by atoms with Crippen LogP contribution in [0.2, 0.25) is 0 Å². The summed E-state index contributed by atoms with van der Waals surface area (Å²) in [5.74, 6) is 0.169. The van der Waals surface area contributed by atoms with Crippen LogP contribution in [-0.2, 0) is 4.74 Å². The van der Waals surface area contributed by atoms with Crippen molar-refractivity contribution < 1.29 is 9.53 Å². The summed E-state index contributed by atoms with van der Waals surface area (Å²) in [6.45, 7) is 4.08. The molecule has 0 fully saturated rings. The first-order valence-corrected chi connectivity index (χ1v) is 5.68. The second-order valence-electron chi connectivity index (χ2n) is 3.14. The van der Waals surface area contributed by atoms with Gasteiger partial charge in [-0.1, -0.05) is 0 Å². The molecule has 1 N–H and O–H groups in total. The highest BCUT2D eigenvalue weighted by Gasteiger charge is 2.14. The molecule has 0 bridgehead atoms. The van der Waals surface area contributed by atoms with Crippen molar-refractivity contribution in [2.45, 2.75) is 13.8 Å². The quantitative estimate of drug-likeness (QED) is 0.829. The van der Waals surface area contributed by atoms with Crippen molar-refractivity contribution in [1.29, 1.82) is 0 Å². The van der Waals surface area contributed by atoms with Crippen molar-refractivity contribution in [3.8, 4) is 10.7 Å². The Hall–Kier alpha value is -1.69. The van der Waals surface area contributed by atoms with Gasteiger partial charge in [-0.2, -0.15) is 0 Å². The van der Waals surface area contributed by atoms with E-state index >= 15 is 0 Å². The first kappa shape index (κ1) is 10.8. The summed E-state index contributed by atoms with van der Waals surface area (Å²) < 4.78 is 4.80. The number of thiophene rings is 1. The summed E-state index contributed by atoms with van der Waals surface area (Å²) in [5, 5.41) is 6.54. The molecule has 0 aliphatic carbocycles. The maximum absolute atomic E-state index is 11.3. The topological polar surface area (TPSA) is 67.9 Å². The fraction of sp³-hybridized carbons (Fsp3) is 0.300. The van der Waals surface area contributed by atoms with Gasteiger partial charge >= 0.3 is 5.97 Å². The summed E-state index contributed by atoms with van der Waals surface area (Å²) in [6.07, 6.45) is 0. The zero-order valence-electron chi connectivity index (χ0n) is 8.98. The number of ether oxygens (including phenoxy) is 1. The van der Waals surface area contributed by atoms with E-state index in [0.29, 0.717) is 12.4 Å². The van der Waals surface area contributed by atoms with Gasteiger partial charge in [0.1, 0.15) is 0 Å². The minimum absolute atomic E-state index is 0.0721. The smallest absolute Gasteiger partial charge is 0.378 e. The van der Waals surface area contributed by atoms with E-state index in [1.807, 2.05) is 19.1 Å². The van der Waals surface area contributed by atoms with Crippen molar-refractivity contribution >= 4 is 17.3 Å². The minimum Gasteiger partial charge on any atom is -0.460 e. The van der Waals surface area contributed by atoms with E-state index in [4.69, 9.17) is 4.74 Å². The first-order valence-electron chi connectivity index (χ1n) is 4.87. The van der Waals surface area contributed by atoms with E-state index < -0.39 is 5.97 Å². The Bertz CT molecular complexity index is 504. The average molecular weight is 237 g/mol. The highest BCUT2D eigenvalue weighted by Crippen LogP contribution is 2.24. The van der Waals surface area contributed by atoms with Crippen LogP contribution in [-0.4, -0.2) is 27.8 Å². The van der Waals surface area contributed by atoms with Crippen LogP contribution in [0.25, 0.3) is 10.7 Å². The number of nitrogens with one attached hydrogen (secondary N) is 1. The molecule has 0 saturated carbocycles. The maximum atomic E-state index is 11.3. The van der Waals surface area contributed by atoms with E-state index in [9.17, 15) is 4.79 Å². The number of nitrogens with zero attached hydrogens (tertiary/aromatic N) is 2. The third-order valence-electron chi connectivity index (χ3n) is 1.92. The van der Waals surface area contributed by atoms with Crippen LogP contribution in [0.4, 0.5) is 0 Å². The molecule has 84 valence electrons. The minimum atomic E-state index is -0.502. The van der Waals surface area contributed by atoms with Crippen LogP contribution >= 0.6 is 11.3 Å². The standard InChI is InChI=1S/C10H11N3O2S/c1-3-15-10(14)9-11-8(12-13-9)7-5-4-6(2)16-7/h4-5H,3H2,1-2H3,(H,11,12,13). The Morgan fingerprint density at radius 2 is 2.38 bits per heavy atom. The van der Waals surface area contributed by atoms with E-state index in [-0.39, 0.29) is 5.82 Å². The van der Waals surface area contributed by atoms with Gasteiger partial charge in [-0.25, -0.2) is 9.78 Å². The average Bonchev–Trinajstić information content (AvgIpc) is 2.85. The third kappa shape index (κ3) is 2.11. The molecule has 0 amide bonds. The molecule has 5 nitrogen and oxygen atoms in total. The van der Waals surface area contributed by atoms with Gasteiger partial charge < -0.3 is 4.74 Å². The van der Waals surface area contributed by atoms with E-state index in [1.165, 1.54) is 4.88 Å². The second-order valence-corrected chi connectivity index (χ2v) is 4.43. The maximum Gasteiger partial charge on any atom is 0.378 e. The van der Waals surface area contributed by atoms with Gasteiger partial charge in [-0.15, -0.1) is 16.4 Å². The van der Waals surface area contributed by atoms with Crippen LogP contribution in [0, 0.1) is 6.92 Å². The molecule has 2 heterocycles. The summed E-state index contributed by atoms with van der Waals surface area (Å²) in [4.78, 5) is 17.6. The number of aromatic amines is 1. The van der Waals surface area contributed by atoms with E-state index in [1.54, 1.807) is 18.3 Å². The number of carbonyl (C=O) groups excluding carboxylic acids is 1. The van der Waals surface area contributed by atoms with Crippen molar-refractivity contribution in [3.05, 3.63) is 22.8 Å². The number of carbonyl (C=O) groups is 1. The van der Waals surface area contributed by atoms with Crippen molar-refractivity contribution in [2.24, 2.45) is 0 Å². The Labute approximate surface area is 96.5 Å². The lowest BCUT2D eigenvalue weighted by Gasteiger charge is -1.94. The largest absolute Gasteiger partial charge is 0.460 e. The molecular weight excluding hydrogens is 226 g/mol. The van der Waals surface area contributed by atoms with Crippen molar-refractivity contribution in [3.63, 3.8) is 0 Å². The lowest BCUT2D eigenvalue weighted by atomic mass is 10.4. The summed E-state index contributed by atoms with van der Waals surface area (Å²) in [6, 6.07) is 3.93. The number of H-pyrrole nitrogens is 1. The third-order valence-corrected chi connectivity index (χ3v) is 2.92. The number of hydrogen-bond donors (Lipinski definition) is 1. The van der Waals surface area contributed by atoms with Crippen LogP contribution < -0.4 is 0 Å². The monoisotopic (exact) mass is 237 g/mol. The molecule has 16 heavy (non-hydrogen) atoms. The van der Waals surface area contributed by atoms with Gasteiger partial charge in [-0.3, -0.25) is 5.10 Å². The zero-order chi connectivity index (χ0) is 11.5. The molecule has 2 aromatic heterocycles. The predicted molar refractivity (Wildman–Crippen MR) is 60.4 cm³/mol. The highest BCUT2D eigenvalue weighted by atomic mass is 32.1. The molecule has 0 unspecified atom stereocenters. The predicted octanol–water partition coefficient (Wildman–Crippen LogP) is 2.02. The van der Waals surface area contributed by atoms with Gasteiger partial charge in [-0.05, 0) is 26.0 Å². The lowest BCUT2D eigenvalue weighted by Crippen LogP contribution is -2.06. The van der Waals surface area contributed by atoms with Crippen molar-refractivity contribution in [2.75, 3.05) is 6.61 Å². The normalized spacial score (nSPS) is 10.4. The highest BCUT2D eigenvalue weighted by molar-refractivity contribution is 7.15. The van der Waals surface area contributed by atoms with Crippen LogP contribution in [0.1, 0.15) is 22.4 Å². The molecule has 0 spiro atoms. The number of aryl methyl sites for hydroxylation is 1. The molecule has 0 radical (unpaired) electrons. The van der Waals surface area contributed by atoms with Crippen LogP contribution in [0.5, 0.6) is 0 Å². The number of hydrogen-bond acceptors (Lipinski definition) is 5. The molecule has 0 saturated heterocycles. The number of rotatable bonds is 3. The molecule has 0 aliphatic rings. The molecule has 0 aromatic carbocycles. The van der Waals surface area contributed by atoms with Gasteiger partial charge in [0.2, 0.25) is 0 Å². The second kappa shape index (κ2) is 4.44. The number of esters is 1. The van der Waals surface area contributed by atoms with Crippen LogP contribution in [0.15, 0.2) is 12.1 Å². The molecule has 2 aromatic rings. The SMILES string of the molecule is CCOC(=O)c1n[nH]c(-c2ccc(C)s2)n1. The Morgan fingerprint density at radius 3 is 3.00 bits per heavy atom. The van der Waals surface area contributed by atoms with E-state index in [0.717, 1.165) is 4.88 Å². The molecule has 2 rings (SSSR count). The summed E-state index contributed by atoms with van der Waals surface area (Å²) in [7, 11) is 0. The first-order chi connectivity index (χ1) is 7.70. The molecule has 0 aliphatic heterocycles. The fourth-order valence-corrected chi connectivity index (χ4v) is 2.03. The fourth-order valence-electron chi connectivity index (χ4n) is 1.22. The zero-order valence-corrected chi connectivity index (χ0v) is 9.80. The Balaban J connectivity index is 2.22. The van der Waals surface area contributed by atoms with Gasteiger partial charge in [0.25, 0.3) is 5.82 Å². The van der Waals surface area contributed by atoms with E-state index in [2.05, 4.69) is 15.2 Å². The van der Waals surface area contributed by atoms with Gasteiger partial charge in [0, 0.05) is 4.88 Å². The van der Waals surface area contributed by atoms with Gasteiger partial charge in [0.15, 0.2) is 5.82 Å².